The van der Waals surface area contributed by atoms with Crippen LogP contribution in [0.15, 0.2) is 24.3 Å². The third-order valence-corrected chi connectivity index (χ3v) is 3.72. The Hall–Kier alpha value is -1.46. The minimum Gasteiger partial charge on any atom is -0.385 e. The van der Waals surface area contributed by atoms with E-state index in [1.54, 1.807) is 30.2 Å². The molecule has 2 N–H and O–H groups in total. The van der Waals surface area contributed by atoms with Crippen LogP contribution in [-0.2, 0) is 9.53 Å². The molecule has 0 aliphatic carbocycles. The summed E-state index contributed by atoms with van der Waals surface area (Å²) in [6, 6.07) is 5.93. The van der Waals surface area contributed by atoms with Crippen molar-refractivity contribution < 1.29 is 13.9 Å². The Morgan fingerprint density at radius 1 is 1.45 bits per heavy atom. The molecule has 1 aliphatic heterocycles. The summed E-state index contributed by atoms with van der Waals surface area (Å²) < 4.78 is 19.0. The van der Waals surface area contributed by atoms with E-state index < -0.39 is 0 Å². The first-order valence-electron chi connectivity index (χ1n) is 6.93. The van der Waals surface area contributed by atoms with Crippen molar-refractivity contribution in [2.24, 2.45) is 5.73 Å². The molecule has 20 heavy (non-hydrogen) atoms. The van der Waals surface area contributed by atoms with Crippen LogP contribution in [0.4, 0.5) is 4.39 Å². The van der Waals surface area contributed by atoms with Gasteiger partial charge in [-0.05, 0) is 18.9 Å². The third-order valence-electron chi connectivity index (χ3n) is 3.72. The summed E-state index contributed by atoms with van der Waals surface area (Å²) in [5.74, 6) is -0.268. The molecule has 2 rings (SSSR count). The fourth-order valence-electron chi connectivity index (χ4n) is 2.73. The highest BCUT2D eigenvalue weighted by molar-refractivity contribution is 5.78. The number of benzene rings is 1. The van der Waals surface area contributed by atoms with Crippen molar-refractivity contribution in [2.45, 2.75) is 31.3 Å². The maximum Gasteiger partial charge on any atom is 0.223 e. The van der Waals surface area contributed by atoms with Crippen molar-refractivity contribution in [3.8, 4) is 0 Å². The average molecular weight is 280 g/mol. The molecule has 0 bridgehead atoms. The number of hydrogen-bond donors (Lipinski definition) is 1. The van der Waals surface area contributed by atoms with Crippen molar-refractivity contribution in [1.29, 1.82) is 0 Å². The molecule has 110 valence electrons. The van der Waals surface area contributed by atoms with Gasteiger partial charge >= 0.3 is 0 Å². The second kappa shape index (κ2) is 6.81. The molecule has 1 aromatic carbocycles. The van der Waals surface area contributed by atoms with Gasteiger partial charge in [0.2, 0.25) is 5.91 Å². The summed E-state index contributed by atoms with van der Waals surface area (Å²) >= 11 is 0. The average Bonchev–Trinajstić information content (AvgIpc) is 2.44. The maximum absolute atomic E-state index is 14.0. The second-order valence-corrected chi connectivity index (χ2v) is 5.10. The van der Waals surface area contributed by atoms with Crippen molar-refractivity contribution in [3.05, 3.63) is 35.6 Å². The molecule has 0 spiro atoms. The molecule has 4 nitrogen and oxygen atoms in total. The highest BCUT2D eigenvalue weighted by atomic mass is 19.1. The van der Waals surface area contributed by atoms with Gasteiger partial charge in [-0.25, -0.2) is 4.39 Å². The van der Waals surface area contributed by atoms with E-state index in [-0.39, 0.29) is 23.8 Å². The fourth-order valence-corrected chi connectivity index (χ4v) is 2.73. The predicted octanol–water partition coefficient (Wildman–Crippen LogP) is 1.85. The van der Waals surface area contributed by atoms with Gasteiger partial charge in [0.25, 0.3) is 0 Å². The van der Waals surface area contributed by atoms with E-state index in [1.165, 1.54) is 6.07 Å². The Morgan fingerprint density at radius 2 is 2.20 bits per heavy atom. The van der Waals surface area contributed by atoms with Crippen molar-refractivity contribution >= 4 is 5.91 Å². The first-order valence-corrected chi connectivity index (χ1v) is 6.93. The normalized spacial score (nSPS) is 23.1. The zero-order chi connectivity index (χ0) is 14.5. The van der Waals surface area contributed by atoms with Crippen LogP contribution in [0.3, 0.4) is 0 Å². The molecule has 0 aromatic heterocycles. The summed E-state index contributed by atoms with van der Waals surface area (Å²) in [6.45, 7) is 1.11. The molecule has 5 heteroatoms. The molecular formula is C15H21FN2O2. The molecule has 0 radical (unpaired) electrons. The molecule has 1 fully saturated rings. The number of rotatable bonds is 5. The van der Waals surface area contributed by atoms with Crippen LogP contribution in [0.5, 0.6) is 0 Å². The summed E-state index contributed by atoms with van der Waals surface area (Å²) in [5.41, 5.74) is 6.65. The number of ether oxygens (including phenoxy) is 1. The third kappa shape index (κ3) is 3.16. The van der Waals surface area contributed by atoms with Gasteiger partial charge in [0.05, 0.1) is 6.04 Å². The number of likely N-dealkylation sites (tertiary alicyclic amines) is 1. The van der Waals surface area contributed by atoms with Gasteiger partial charge in [-0.3, -0.25) is 4.79 Å². The van der Waals surface area contributed by atoms with E-state index >= 15 is 0 Å². The SMILES string of the molecule is COCCCN1C(=O)CCC(N)C1c1ccccc1F. The number of halogens is 1. The van der Waals surface area contributed by atoms with Gasteiger partial charge in [-0.2, -0.15) is 0 Å². The number of amides is 1. The summed E-state index contributed by atoms with van der Waals surface area (Å²) in [5, 5.41) is 0. The van der Waals surface area contributed by atoms with E-state index in [4.69, 9.17) is 10.5 Å². The molecule has 1 saturated heterocycles. The molecule has 2 atom stereocenters. The van der Waals surface area contributed by atoms with E-state index in [1.807, 2.05) is 0 Å². The van der Waals surface area contributed by atoms with Crippen molar-refractivity contribution in [1.82, 2.24) is 4.90 Å². The number of hydrogen-bond acceptors (Lipinski definition) is 3. The lowest BCUT2D eigenvalue weighted by Gasteiger charge is -2.40. The molecule has 2 unspecified atom stereocenters. The maximum atomic E-state index is 14.0. The molecule has 1 amide bonds. The molecular weight excluding hydrogens is 259 g/mol. The Bertz CT molecular complexity index is 467. The Morgan fingerprint density at radius 3 is 2.90 bits per heavy atom. The number of carbonyl (C=O) groups is 1. The van der Waals surface area contributed by atoms with Gasteiger partial charge in [0, 0.05) is 38.3 Å². The lowest BCUT2D eigenvalue weighted by molar-refractivity contribution is -0.137. The van der Waals surface area contributed by atoms with Crippen LogP contribution in [0.25, 0.3) is 0 Å². The molecule has 0 saturated carbocycles. The van der Waals surface area contributed by atoms with E-state index in [2.05, 4.69) is 0 Å². The summed E-state index contributed by atoms with van der Waals surface area (Å²) in [4.78, 5) is 13.8. The Labute approximate surface area is 118 Å². The topological polar surface area (TPSA) is 55.6 Å². The van der Waals surface area contributed by atoms with Crippen LogP contribution >= 0.6 is 0 Å². The van der Waals surface area contributed by atoms with Crippen LogP contribution in [-0.4, -0.2) is 37.1 Å². The minimum atomic E-state index is -0.380. The number of carbonyl (C=O) groups excluding carboxylic acids is 1. The van der Waals surface area contributed by atoms with E-state index in [9.17, 15) is 9.18 Å². The van der Waals surface area contributed by atoms with Gasteiger partial charge in [-0.15, -0.1) is 0 Å². The summed E-state index contributed by atoms with van der Waals surface area (Å²) in [6.07, 6.45) is 1.75. The van der Waals surface area contributed by atoms with Crippen LogP contribution in [0, 0.1) is 5.82 Å². The van der Waals surface area contributed by atoms with Gasteiger partial charge in [0.1, 0.15) is 5.82 Å². The molecule has 1 aromatic rings. The quantitative estimate of drug-likeness (QED) is 0.838. The highest BCUT2D eigenvalue weighted by Gasteiger charge is 2.35. The van der Waals surface area contributed by atoms with Crippen LogP contribution in [0.2, 0.25) is 0 Å². The van der Waals surface area contributed by atoms with Crippen LogP contribution in [0.1, 0.15) is 30.9 Å². The standard InChI is InChI=1S/C15H21FN2O2/c1-20-10-4-9-18-14(19)8-7-13(17)15(18)11-5-2-3-6-12(11)16/h2-3,5-6,13,15H,4,7-10,17H2,1H3. The van der Waals surface area contributed by atoms with Crippen molar-refractivity contribution in [2.75, 3.05) is 20.3 Å². The number of nitrogens with two attached hydrogens (primary N) is 1. The van der Waals surface area contributed by atoms with Gasteiger partial charge in [-0.1, -0.05) is 18.2 Å². The largest absolute Gasteiger partial charge is 0.385 e. The first kappa shape index (κ1) is 14.9. The predicted molar refractivity (Wildman–Crippen MR) is 74.6 cm³/mol. The Balaban J connectivity index is 2.24. The lowest BCUT2D eigenvalue weighted by atomic mass is 9.90. The van der Waals surface area contributed by atoms with E-state index in [0.717, 1.165) is 6.42 Å². The number of methoxy groups -OCH3 is 1. The van der Waals surface area contributed by atoms with Gasteiger partial charge < -0.3 is 15.4 Å². The van der Waals surface area contributed by atoms with E-state index in [0.29, 0.717) is 31.6 Å². The molecule has 1 heterocycles. The second-order valence-electron chi connectivity index (χ2n) is 5.10. The zero-order valence-electron chi connectivity index (χ0n) is 11.7. The summed E-state index contributed by atoms with van der Waals surface area (Å²) in [7, 11) is 1.62. The Kier molecular flexibility index (Phi) is 5.09. The molecule has 1 aliphatic rings. The van der Waals surface area contributed by atoms with Crippen LogP contribution < -0.4 is 5.73 Å². The highest BCUT2D eigenvalue weighted by Crippen LogP contribution is 2.32. The zero-order valence-corrected chi connectivity index (χ0v) is 11.7. The monoisotopic (exact) mass is 280 g/mol. The lowest BCUT2D eigenvalue weighted by Crippen LogP contribution is -2.49. The van der Waals surface area contributed by atoms with Crippen molar-refractivity contribution in [3.63, 3.8) is 0 Å². The number of nitrogens with zero attached hydrogens (tertiary/aromatic N) is 1. The smallest absolute Gasteiger partial charge is 0.223 e. The first-order chi connectivity index (χ1) is 9.65. The number of piperidine rings is 1. The van der Waals surface area contributed by atoms with Gasteiger partial charge in [0.15, 0.2) is 0 Å². The fraction of sp³-hybridized carbons (Fsp3) is 0.533. The minimum absolute atomic E-state index is 0.0380.